The maximum atomic E-state index is 13.2. The van der Waals surface area contributed by atoms with E-state index in [9.17, 15) is 9.18 Å². The number of methoxy groups -OCH3 is 1. The average molecular weight is 271 g/mol. The van der Waals surface area contributed by atoms with Gasteiger partial charge in [-0.05, 0) is 30.3 Å². The lowest BCUT2D eigenvalue weighted by molar-refractivity contribution is 0.0697. The van der Waals surface area contributed by atoms with Gasteiger partial charge >= 0.3 is 5.97 Å². The van der Waals surface area contributed by atoms with Gasteiger partial charge in [-0.3, -0.25) is 0 Å². The fourth-order valence-corrected chi connectivity index (χ4v) is 1.92. The number of nitriles is 1. The molecular weight excluding hydrogens is 261 g/mol. The largest absolute Gasteiger partial charge is 0.496 e. The van der Waals surface area contributed by atoms with Crippen molar-refractivity contribution in [3.8, 4) is 22.9 Å². The monoisotopic (exact) mass is 271 g/mol. The Morgan fingerprint density at radius 1 is 1.25 bits per heavy atom. The van der Waals surface area contributed by atoms with Gasteiger partial charge in [-0.25, -0.2) is 9.18 Å². The molecule has 0 atom stereocenters. The molecule has 0 aromatic heterocycles. The van der Waals surface area contributed by atoms with Gasteiger partial charge in [-0.15, -0.1) is 0 Å². The number of benzene rings is 2. The fourth-order valence-electron chi connectivity index (χ4n) is 1.92. The second kappa shape index (κ2) is 5.41. The second-order valence-corrected chi connectivity index (χ2v) is 4.02. The molecule has 5 heteroatoms. The Labute approximate surface area is 114 Å². The summed E-state index contributed by atoms with van der Waals surface area (Å²) in [6.45, 7) is 0. The van der Waals surface area contributed by atoms with Crippen LogP contribution in [0.3, 0.4) is 0 Å². The third-order valence-corrected chi connectivity index (χ3v) is 2.83. The highest BCUT2D eigenvalue weighted by atomic mass is 19.1. The quantitative estimate of drug-likeness (QED) is 0.931. The lowest BCUT2D eigenvalue weighted by atomic mass is 9.97. The highest BCUT2D eigenvalue weighted by Crippen LogP contribution is 2.33. The molecule has 2 aromatic carbocycles. The van der Waals surface area contributed by atoms with Crippen LogP contribution in [-0.2, 0) is 0 Å². The number of hydrogen-bond acceptors (Lipinski definition) is 3. The molecule has 0 radical (unpaired) electrons. The Kier molecular flexibility index (Phi) is 3.67. The van der Waals surface area contributed by atoms with Crippen LogP contribution < -0.4 is 4.74 Å². The molecule has 0 saturated carbocycles. The highest BCUT2D eigenvalue weighted by Gasteiger charge is 2.16. The Morgan fingerprint density at radius 3 is 2.60 bits per heavy atom. The van der Waals surface area contributed by atoms with Crippen molar-refractivity contribution in [2.45, 2.75) is 0 Å². The second-order valence-electron chi connectivity index (χ2n) is 4.02. The van der Waals surface area contributed by atoms with Crippen LogP contribution in [0.4, 0.5) is 4.39 Å². The predicted octanol–water partition coefficient (Wildman–Crippen LogP) is 3.07. The number of ether oxygens (including phenoxy) is 1. The van der Waals surface area contributed by atoms with Crippen molar-refractivity contribution >= 4 is 5.97 Å². The number of hydrogen-bond donors (Lipinski definition) is 1. The first-order valence-corrected chi connectivity index (χ1v) is 5.68. The zero-order valence-electron chi connectivity index (χ0n) is 10.6. The van der Waals surface area contributed by atoms with Crippen LogP contribution in [0.15, 0.2) is 36.4 Å². The van der Waals surface area contributed by atoms with Crippen LogP contribution in [0.2, 0.25) is 0 Å². The van der Waals surface area contributed by atoms with Crippen molar-refractivity contribution in [1.29, 1.82) is 5.26 Å². The SMILES string of the molecule is COc1ccc(C#N)cc1-c1ccc(F)cc1C(=O)O. The van der Waals surface area contributed by atoms with E-state index >= 15 is 0 Å². The molecule has 0 fully saturated rings. The van der Waals surface area contributed by atoms with Gasteiger partial charge in [0.15, 0.2) is 0 Å². The third-order valence-electron chi connectivity index (χ3n) is 2.83. The molecule has 0 saturated heterocycles. The van der Waals surface area contributed by atoms with E-state index in [1.165, 1.54) is 25.3 Å². The number of carboxylic acid groups (broad SMARTS) is 1. The molecule has 0 spiro atoms. The van der Waals surface area contributed by atoms with Gasteiger partial charge in [0.05, 0.1) is 24.3 Å². The first-order valence-electron chi connectivity index (χ1n) is 5.68. The van der Waals surface area contributed by atoms with Crippen molar-refractivity contribution in [2.24, 2.45) is 0 Å². The summed E-state index contributed by atoms with van der Waals surface area (Å²) in [5.74, 6) is -1.47. The van der Waals surface area contributed by atoms with Crippen LogP contribution in [0.1, 0.15) is 15.9 Å². The molecule has 0 aliphatic heterocycles. The lowest BCUT2D eigenvalue weighted by Gasteiger charge is -2.11. The maximum absolute atomic E-state index is 13.2. The number of rotatable bonds is 3. The van der Waals surface area contributed by atoms with Gasteiger partial charge in [0.25, 0.3) is 0 Å². The van der Waals surface area contributed by atoms with Crippen LogP contribution in [0.25, 0.3) is 11.1 Å². The molecule has 1 N–H and O–H groups in total. The molecule has 0 heterocycles. The van der Waals surface area contributed by atoms with Crippen LogP contribution in [0, 0.1) is 17.1 Å². The van der Waals surface area contributed by atoms with Crippen molar-refractivity contribution < 1.29 is 19.0 Å². The summed E-state index contributed by atoms with van der Waals surface area (Å²) in [6, 6.07) is 10.1. The summed E-state index contributed by atoms with van der Waals surface area (Å²) >= 11 is 0. The van der Waals surface area contributed by atoms with E-state index in [1.54, 1.807) is 12.1 Å². The van der Waals surface area contributed by atoms with Crippen LogP contribution in [0.5, 0.6) is 5.75 Å². The number of carboxylic acids is 1. The Hall–Kier alpha value is -2.87. The molecule has 0 aliphatic rings. The molecule has 0 unspecified atom stereocenters. The van der Waals surface area contributed by atoms with E-state index in [2.05, 4.69) is 0 Å². The molecule has 100 valence electrons. The summed E-state index contributed by atoms with van der Waals surface area (Å²) in [5.41, 5.74) is 0.914. The third kappa shape index (κ3) is 2.45. The normalized spacial score (nSPS) is 9.85. The minimum atomic E-state index is -1.25. The van der Waals surface area contributed by atoms with Gasteiger partial charge in [0, 0.05) is 11.1 Å². The smallest absolute Gasteiger partial charge is 0.336 e. The Morgan fingerprint density at radius 2 is 2.00 bits per heavy atom. The highest BCUT2D eigenvalue weighted by molar-refractivity contribution is 5.97. The summed E-state index contributed by atoms with van der Waals surface area (Å²) in [5, 5.41) is 18.1. The number of aromatic carboxylic acids is 1. The maximum Gasteiger partial charge on any atom is 0.336 e. The van der Waals surface area contributed by atoms with E-state index < -0.39 is 11.8 Å². The van der Waals surface area contributed by atoms with Gasteiger partial charge in [0.2, 0.25) is 0 Å². The van der Waals surface area contributed by atoms with Crippen LogP contribution >= 0.6 is 0 Å². The first kappa shape index (κ1) is 13.6. The van der Waals surface area contributed by atoms with Gasteiger partial charge in [-0.1, -0.05) is 6.07 Å². The van der Waals surface area contributed by atoms with E-state index in [-0.39, 0.29) is 5.56 Å². The van der Waals surface area contributed by atoms with Crippen molar-refractivity contribution in [3.63, 3.8) is 0 Å². The number of halogens is 1. The van der Waals surface area contributed by atoms with Gasteiger partial charge < -0.3 is 9.84 Å². The van der Waals surface area contributed by atoms with Gasteiger partial charge in [0.1, 0.15) is 11.6 Å². The van der Waals surface area contributed by atoms with Crippen molar-refractivity contribution in [1.82, 2.24) is 0 Å². The van der Waals surface area contributed by atoms with Crippen LogP contribution in [-0.4, -0.2) is 18.2 Å². The summed E-state index contributed by atoms with van der Waals surface area (Å²) in [4.78, 5) is 11.2. The minimum Gasteiger partial charge on any atom is -0.496 e. The first-order chi connectivity index (χ1) is 9.56. The summed E-state index contributed by atoms with van der Waals surface area (Å²) in [7, 11) is 1.44. The predicted molar refractivity (Wildman–Crippen MR) is 70.1 cm³/mol. The molecule has 0 amide bonds. The number of carbonyl (C=O) groups is 1. The van der Waals surface area contributed by atoms with Gasteiger partial charge in [-0.2, -0.15) is 5.26 Å². The molecule has 2 aromatic rings. The van der Waals surface area contributed by atoms with E-state index in [0.29, 0.717) is 22.4 Å². The number of nitrogens with zero attached hydrogens (tertiary/aromatic N) is 1. The van der Waals surface area contributed by atoms with E-state index in [1.807, 2.05) is 6.07 Å². The standard InChI is InChI=1S/C15H10FNO3/c1-20-14-5-2-9(8-17)6-12(14)11-4-3-10(16)7-13(11)15(18)19/h2-7H,1H3,(H,18,19). The minimum absolute atomic E-state index is 0.182. The van der Waals surface area contributed by atoms with Crippen molar-refractivity contribution in [3.05, 3.63) is 53.3 Å². The molecular formula is C15H10FNO3. The molecule has 0 bridgehead atoms. The Bertz CT molecular complexity index is 720. The zero-order chi connectivity index (χ0) is 14.7. The summed E-state index contributed by atoms with van der Waals surface area (Å²) in [6.07, 6.45) is 0. The lowest BCUT2D eigenvalue weighted by Crippen LogP contribution is -2.01. The van der Waals surface area contributed by atoms with Crippen molar-refractivity contribution in [2.75, 3.05) is 7.11 Å². The molecule has 0 aliphatic carbocycles. The van der Waals surface area contributed by atoms with E-state index in [4.69, 9.17) is 15.1 Å². The summed E-state index contributed by atoms with van der Waals surface area (Å²) < 4.78 is 18.4. The van der Waals surface area contributed by atoms with E-state index in [0.717, 1.165) is 6.07 Å². The topological polar surface area (TPSA) is 70.3 Å². The zero-order valence-corrected chi connectivity index (χ0v) is 10.6. The fraction of sp³-hybridized carbons (Fsp3) is 0.0667. The Balaban J connectivity index is 2.74. The molecule has 4 nitrogen and oxygen atoms in total. The average Bonchev–Trinajstić information content (AvgIpc) is 2.46. The molecule has 2 rings (SSSR count). The molecule has 20 heavy (non-hydrogen) atoms.